The molecule has 7 nitrogen and oxygen atoms in total. The van der Waals surface area contributed by atoms with E-state index in [0.29, 0.717) is 28.7 Å². The second-order valence-corrected chi connectivity index (χ2v) is 8.67. The molecule has 8 heteroatoms. The van der Waals surface area contributed by atoms with Crippen LogP contribution in [0.25, 0.3) is 0 Å². The summed E-state index contributed by atoms with van der Waals surface area (Å²) < 4.78 is 51.3. The summed E-state index contributed by atoms with van der Waals surface area (Å²) in [6, 6.07) is 27.6. The van der Waals surface area contributed by atoms with Gasteiger partial charge in [0.15, 0.2) is 0 Å². The van der Waals surface area contributed by atoms with Crippen molar-refractivity contribution < 1.29 is 31.5 Å². The Hall–Kier alpha value is -4.01. The SMILES string of the molecule is COc1ccc(Oc2ccc(Oc3ccc(Oc4ccccc4S(=O)(=O)OC)cc3)cc2)cc1. The molecule has 0 radical (unpaired) electrons. The van der Waals surface area contributed by atoms with Gasteiger partial charge in [-0.1, -0.05) is 12.1 Å². The van der Waals surface area contributed by atoms with Crippen LogP contribution in [0.1, 0.15) is 0 Å². The van der Waals surface area contributed by atoms with Crippen molar-refractivity contribution >= 4 is 10.1 Å². The molecule has 34 heavy (non-hydrogen) atoms. The van der Waals surface area contributed by atoms with Crippen LogP contribution in [0.2, 0.25) is 0 Å². The monoisotopic (exact) mass is 478 g/mol. The van der Waals surface area contributed by atoms with Crippen molar-refractivity contribution in [3.05, 3.63) is 97.1 Å². The zero-order valence-corrected chi connectivity index (χ0v) is 19.3. The third-order valence-corrected chi connectivity index (χ3v) is 6.06. The van der Waals surface area contributed by atoms with E-state index in [0.717, 1.165) is 12.9 Å². The first-order valence-corrected chi connectivity index (χ1v) is 11.6. The molecule has 4 rings (SSSR count). The molecule has 0 amide bonds. The molecule has 0 fully saturated rings. The summed E-state index contributed by atoms with van der Waals surface area (Å²) in [5.41, 5.74) is 0. The molecule has 0 saturated carbocycles. The molecule has 0 heterocycles. The summed E-state index contributed by atoms with van der Waals surface area (Å²) in [7, 11) is -1.17. The molecule has 0 unspecified atom stereocenters. The van der Waals surface area contributed by atoms with Crippen LogP contribution in [0.15, 0.2) is 102 Å². The van der Waals surface area contributed by atoms with E-state index in [1.165, 1.54) is 6.07 Å². The smallest absolute Gasteiger partial charge is 0.300 e. The Morgan fingerprint density at radius 1 is 0.500 bits per heavy atom. The van der Waals surface area contributed by atoms with Crippen molar-refractivity contribution in [3.8, 4) is 40.2 Å². The summed E-state index contributed by atoms with van der Waals surface area (Å²) in [6.07, 6.45) is 0. The first kappa shape index (κ1) is 23.2. The van der Waals surface area contributed by atoms with Crippen LogP contribution in [-0.2, 0) is 14.3 Å². The minimum atomic E-state index is -3.89. The fourth-order valence-electron chi connectivity index (χ4n) is 3.03. The highest BCUT2D eigenvalue weighted by Crippen LogP contribution is 2.32. The molecule has 4 aromatic rings. The average Bonchev–Trinajstić information content (AvgIpc) is 2.87. The maximum Gasteiger partial charge on any atom is 0.300 e. The zero-order valence-electron chi connectivity index (χ0n) is 18.5. The van der Waals surface area contributed by atoms with Crippen LogP contribution in [0.4, 0.5) is 0 Å². The molecule has 0 bridgehead atoms. The van der Waals surface area contributed by atoms with Crippen molar-refractivity contribution in [2.24, 2.45) is 0 Å². The van der Waals surface area contributed by atoms with Crippen molar-refractivity contribution in [2.75, 3.05) is 14.2 Å². The number of para-hydroxylation sites is 1. The zero-order chi connectivity index (χ0) is 24.0. The summed E-state index contributed by atoms with van der Waals surface area (Å²) in [6.45, 7) is 0. The van der Waals surface area contributed by atoms with Gasteiger partial charge in [0.2, 0.25) is 0 Å². The summed E-state index contributed by atoms with van der Waals surface area (Å²) in [5.74, 6) is 3.98. The number of ether oxygens (including phenoxy) is 4. The van der Waals surface area contributed by atoms with Gasteiger partial charge in [0.25, 0.3) is 10.1 Å². The number of hydrogen-bond donors (Lipinski definition) is 0. The van der Waals surface area contributed by atoms with Gasteiger partial charge in [-0.05, 0) is 84.9 Å². The highest BCUT2D eigenvalue weighted by molar-refractivity contribution is 7.86. The molecule has 0 N–H and O–H groups in total. The maximum atomic E-state index is 12.1. The third kappa shape index (κ3) is 5.67. The average molecular weight is 479 g/mol. The van der Waals surface area contributed by atoms with Gasteiger partial charge in [0.05, 0.1) is 14.2 Å². The van der Waals surface area contributed by atoms with Gasteiger partial charge in [-0.25, -0.2) is 0 Å². The van der Waals surface area contributed by atoms with Crippen molar-refractivity contribution in [1.29, 1.82) is 0 Å². The Kier molecular flexibility index (Phi) is 7.01. The highest BCUT2D eigenvalue weighted by Gasteiger charge is 2.19. The minimum Gasteiger partial charge on any atom is -0.497 e. The predicted molar refractivity (Wildman–Crippen MR) is 127 cm³/mol. The van der Waals surface area contributed by atoms with Gasteiger partial charge >= 0.3 is 0 Å². The quantitative estimate of drug-likeness (QED) is 0.257. The maximum absolute atomic E-state index is 12.1. The van der Waals surface area contributed by atoms with Crippen molar-refractivity contribution in [2.45, 2.75) is 4.90 Å². The number of benzene rings is 4. The van der Waals surface area contributed by atoms with E-state index in [1.54, 1.807) is 61.7 Å². The molecule has 0 spiro atoms. The van der Waals surface area contributed by atoms with Gasteiger partial charge < -0.3 is 18.9 Å². The molecule has 174 valence electrons. The highest BCUT2D eigenvalue weighted by atomic mass is 32.2. The topological polar surface area (TPSA) is 80.3 Å². The Balaban J connectivity index is 1.39. The largest absolute Gasteiger partial charge is 0.497 e. The molecule has 4 aromatic carbocycles. The van der Waals surface area contributed by atoms with Gasteiger partial charge in [-0.2, -0.15) is 8.42 Å². The summed E-state index contributed by atoms with van der Waals surface area (Å²) in [4.78, 5) is -0.0465. The van der Waals surface area contributed by atoms with E-state index in [-0.39, 0.29) is 10.6 Å². The normalized spacial score (nSPS) is 11.0. The molecule has 0 aromatic heterocycles. The van der Waals surface area contributed by atoms with Gasteiger partial charge in [0.1, 0.15) is 45.1 Å². The Bertz CT molecular complexity index is 1330. The van der Waals surface area contributed by atoms with Crippen molar-refractivity contribution in [3.63, 3.8) is 0 Å². The lowest BCUT2D eigenvalue weighted by Gasteiger charge is -2.11. The molecular formula is C26H22O7S. The molecule has 0 aliphatic rings. The number of hydrogen-bond acceptors (Lipinski definition) is 7. The van der Waals surface area contributed by atoms with Crippen LogP contribution in [0.5, 0.6) is 40.2 Å². The third-order valence-electron chi connectivity index (χ3n) is 4.74. The molecular weight excluding hydrogens is 456 g/mol. The lowest BCUT2D eigenvalue weighted by atomic mass is 10.3. The van der Waals surface area contributed by atoms with Gasteiger partial charge in [-0.3, -0.25) is 4.18 Å². The summed E-state index contributed by atoms with van der Waals surface area (Å²) >= 11 is 0. The fraction of sp³-hybridized carbons (Fsp3) is 0.0769. The molecule has 0 saturated heterocycles. The number of rotatable bonds is 9. The Labute approximate surface area is 198 Å². The predicted octanol–water partition coefficient (Wildman–Crippen LogP) is 6.41. The van der Waals surface area contributed by atoms with Crippen LogP contribution < -0.4 is 18.9 Å². The van der Waals surface area contributed by atoms with E-state index >= 15 is 0 Å². The minimum absolute atomic E-state index is 0.0465. The lowest BCUT2D eigenvalue weighted by molar-refractivity contribution is 0.391. The van der Waals surface area contributed by atoms with Crippen molar-refractivity contribution in [1.82, 2.24) is 0 Å². The van der Waals surface area contributed by atoms with E-state index in [9.17, 15) is 8.42 Å². The van der Waals surface area contributed by atoms with Crippen LogP contribution >= 0.6 is 0 Å². The molecule has 0 aliphatic carbocycles. The van der Waals surface area contributed by atoms with E-state index in [1.807, 2.05) is 36.4 Å². The van der Waals surface area contributed by atoms with Crippen LogP contribution in [0.3, 0.4) is 0 Å². The summed E-state index contributed by atoms with van der Waals surface area (Å²) in [5, 5.41) is 0. The molecule has 0 aliphatic heterocycles. The van der Waals surface area contributed by atoms with Gasteiger partial charge in [0, 0.05) is 0 Å². The second-order valence-electron chi connectivity index (χ2n) is 6.99. The van der Waals surface area contributed by atoms with Gasteiger partial charge in [-0.15, -0.1) is 0 Å². The second kappa shape index (κ2) is 10.3. The first-order valence-electron chi connectivity index (χ1n) is 10.2. The Morgan fingerprint density at radius 3 is 1.29 bits per heavy atom. The van der Waals surface area contributed by atoms with E-state index in [4.69, 9.17) is 18.9 Å². The molecule has 0 atom stereocenters. The lowest BCUT2D eigenvalue weighted by Crippen LogP contribution is -2.04. The fourth-order valence-corrected chi connectivity index (χ4v) is 3.81. The van der Waals surface area contributed by atoms with E-state index in [2.05, 4.69) is 4.18 Å². The van der Waals surface area contributed by atoms with Crippen LogP contribution in [0, 0.1) is 0 Å². The standard InChI is InChI=1S/C26H22O7S/c1-29-19-7-9-20(10-8-19)31-21-11-13-22(14-12-21)32-23-15-17-24(18-16-23)33-25-5-3-4-6-26(25)34(27,28)30-2/h3-18H,1-2H3. The van der Waals surface area contributed by atoms with Crippen LogP contribution in [-0.4, -0.2) is 22.6 Å². The van der Waals surface area contributed by atoms with E-state index < -0.39 is 10.1 Å². The number of methoxy groups -OCH3 is 1. The Morgan fingerprint density at radius 2 is 0.882 bits per heavy atom. The first-order chi connectivity index (χ1) is 16.5.